The van der Waals surface area contributed by atoms with Crippen molar-refractivity contribution < 1.29 is 4.74 Å². The molecule has 1 aromatic rings. The number of aryl methyl sites for hydroxylation is 1. The Morgan fingerprint density at radius 3 is 2.80 bits per heavy atom. The standard InChI is InChI=1S/C11H17N3O/c1-2-9-7-10(12)14-11(13-9)8-3-5-15-6-4-8/h7-8H,2-6H2,1H3,(H2,12,13,14). The maximum absolute atomic E-state index is 5.76. The molecule has 2 N–H and O–H groups in total. The van der Waals surface area contributed by atoms with Crippen LogP contribution in [0.3, 0.4) is 0 Å². The number of aromatic nitrogens is 2. The summed E-state index contributed by atoms with van der Waals surface area (Å²) in [5.74, 6) is 1.91. The molecule has 0 unspecified atom stereocenters. The average molecular weight is 207 g/mol. The molecule has 1 saturated heterocycles. The molecule has 1 aliphatic rings. The summed E-state index contributed by atoms with van der Waals surface area (Å²) in [4.78, 5) is 8.85. The summed E-state index contributed by atoms with van der Waals surface area (Å²) in [6.45, 7) is 3.70. The highest BCUT2D eigenvalue weighted by Gasteiger charge is 2.19. The van der Waals surface area contributed by atoms with Crippen LogP contribution in [-0.2, 0) is 11.2 Å². The zero-order valence-electron chi connectivity index (χ0n) is 9.07. The van der Waals surface area contributed by atoms with Crippen molar-refractivity contribution >= 4 is 5.82 Å². The molecule has 1 fully saturated rings. The molecule has 0 amide bonds. The topological polar surface area (TPSA) is 61.0 Å². The highest BCUT2D eigenvalue weighted by Crippen LogP contribution is 2.24. The van der Waals surface area contributed by atoms with Crippen LogP contribution in [0.25, 0.3) is 0 Å². The van der Waals surface area contributed by atoms with Gasteiger partial charge in [0.05, 0.1) is 0 Å². The van der Waals surface area contributed by atoms with E-state index in [4.69, 9.17) is 10.5 Å². The maximum Gasteiger partial charge on any atom is 0.134 e. The van der Waals surface area contributed by atoms with Gasteiger partial charge in [-0.05, 0) is 19.3 Å². The lowest BCUT2D eigenvalue weighted by Gasteiger charge is -2.21. The molecule has 0 aliphatic carbocycles. The van der Waals surface area contributed by atoms with E-state index in [1.54, 1.807) is 0 Å². The van der Waals surface area contributed by atoms with Crippen molar-refractivity contribution in [1.82, 2.24) is 9.97 Å². The Labute approximate surface area is 89.9 Å². The van der Waals surface area contributed by atoms with Crippen LogP contribution in [0.5, 0.6) is 0 Å². The van der Waals surface area contributed by atoms with E-state index in [2.05, 4.69) is 16.9 Å². The summed E-state index contributed by atoms with van der Waals surface area (Å²) in [5.41, 5.74) is 6.79. The van der Waals surface area contributed by atoms with E-state index in [9.17, 15) is 0 Å². The first-order chi connectivity index (χ1) is 7.29. The number of nitrogens with two attached hydrogens (primary N) is 1. The van der Waals surface area contributed by atoms with Gasteiger partial charge in [-0.3, -0.25) is 0 Å². The zero-order chi connectivity index (χ0) is 10.7. The maximum atomic E-state index is 5.76. The van der Waals surface area contributed by atoms with Crippen LogP contribution in [0.2, 0.25) is 0 Å². The Hall–Kier alpha value is -1.16. The van der Waals surface area contributed by atoms with E-state index in [1.807, 2.05) is 6.07 Å². The fourth-order valence-electron chi connectivity index (χ4n) is 1.86. The van der Waals surface area contributed by atoms with Gasteiger partial charge in [-0.15, -0.1) is 0 Å². The minimum atomic E-state index is 0.424. The van der Waals surface area contributed by atoms with Crippen molar-refractivity contribution in [2.45, 2.75) is 32.1 Å². The Kier molecular flexibility index (Phi) is 3.16. The van der Waals surface area contributed by atoms with Gasteiger partial charge in [0, 0.05) is 30.9 Å². The molecule has 0 saturated carbocycles. The molecule has 2 rings (SSSR count). The van der Waals surface area contributed by atoms with Crippen LogP contribution in [0, 0.1) is 0 Å². The Balaban J connectivity index is 2.22. The van der Waals surface area contributed by atoms with Crippen molar-refractivity contribution in [3.05, 3.63) is 17.6 Å². The molecule has 1 aliphatic heterocycles. The lowest BCUT2D eigenvalue weighted by molar-refractivity contribution is 0.0835. The number of rotatable bonds is 2. The van der Waals surface area contributed by atoms with Gasteiger partial charge in [0.1, 0.15) is 11.6 Å². The predicted molar refractivity (Wildman–Crippen MR) is 58.6 cm³/mol. The molecule has 15 heavy (non-hydrogen) atoms. The van der Waals surface area contributed by atoms with Gasteiger partial charge >= 0.3 is 0 Å². The van der Waals surface area contributed by atoms with Gasteiger partial charge < -0.3 is 10.5 Å². The van der Waals surface area contributed by atoms with Crippen LogP contribution in [0.4, 0.5) is 5.82 Å². The van der Waals surface area contributed by atoms with Gasteiger partial charge in [-0.2, -0.15) is 0 Å². The Morgan fingerprint density at radius 2 is 2.13 bits per heavy atom. The molecule has 0 bridgehead atoms. The van der Waals surface area contributed by atoms with Crippen molar-refractivity contribution in [3.8, 4) is 0 Å². The first kappa shape index (κ1) is 10.4. The van der Waals surface area contributed by atoms with Crippen LogP contribution >= 0.6 is 0 Å². The van der Waals surface area contributed by atoms with Gasteiger partial charge in [-0.25, -0.2) is 9.97 Å². The number of nitrogen functional groups attached to an aromatic ring is 1. The van der Waals surface area contributed by atoms with Crippen molar-refractivity contribution in [3.63, 3.8) is 0 Å². The Bertz CT molecular complexity index is 335. The summed E-state index contributed by atoms with van der Waals surface area (Å²) in [7, 11) is 0. The molecule has 2 heterocycles. The lowest BCUT2D eigenvalue weighted by Crippen LogP contribution is -2.17. The number of anilines is 1. The molecule has 0 spiro atoms. The van der Waals surface area contributed by atoms with Crippen molar-refractivity contribution in [2.24, 2.45) is 0 Å². The Morgan fingerprint density at radius 1 is 1.40 bits per heavy atom. The minimum Gasteiger partial charge on any atom is -0.384 e. The van der Waals surface area contributed by atoms with Gasteiger partial charge in [0.25, 0.3) is 0 Å². The second kappa shape index (κ2) is 4.57. The fourth-order valence-corrected chi connectivity index (χ4v) is 1.86. The third-order valence-corrected chi connectivity index (χ3v) is 2.76. The van der Waals surface area contributed by atoms with Crippen LogP contribution in [0.1, 0.15) is 37.2 Å². The second-order valence-corrected chi connectivity index (χ2v) is 3.88. The van der Waals surface area contributed by atoms with Crippen LogP contribution < -0.4 is 5.73 Å². The number of ether oxygens (including phenoxy) is 1. The third-order valence-electron chi connectivity index (χ3n) is 2.76. The van der Waals surface area contributed by atoms with E-state index in [0.717, 1.165) is 44.0 Å². The van der Waals surface area contributed by atoms with E-state index >= 15 is 0 Å². The fraction of sp³-hybridized carbons (Fsp3) is 0.636. The largest absolute Gasteiger partial charge is 0.384 e. The number of hydrogen-bond acceptors (Lipinski definition) is 4. The second-order valence-electron chi connectivity index (χ2n) is 3.88. The van der Waals surface area contributed by atoms with E-state index < -0.39 is 0 Å². The van der Waals surface area contributed by atoms with Crippen LogP contribution in [0.15, 0.2) is 6.07 Å². The molecule has 1 aromatic heterocycles. The predicted octanol–water partition coefficient (Wildman–Crippen LogP) is 1.52. The molecule has 0 atom stereocenters. The monoisotopic (exact) mass is 207 g/mol. The summed E-state index contributed by atoms with van der Waals surface area (Å²) in [5, 5.41) is 0. The summed E-state index contributed by atoms with van der Waals surface area (Å²) in [6, 6.07) is 1.85. The quantitative estimate of drug-likeness (QED) is 0.798. The van der Waals surface area contributed by atoms with Gasteiger partial charge in [0.2, 0.25) is 0 Å². The highest BCUT2D eigenvalue weighted by molar-refractivity contribution is 5.30. The molecular weight excluding hydrogens is 190 g/mol. The SMILES string of the molecule is CCc1cc(N)nc(C2CCOCC2)n1. The van der Waals surface area contributed by atoms with Gasteiger partial charge in [0.15, 0.2) is 0 Å². The summed E-state index contributed by atoms with van der Waals surface area (Å²) in [6.07, 6.45) is 2.92. The summed E-state index contributed by atoms with van der Waals surface area (Å²) >= 11 is 0. The molecular formula is C11H17N3O. The smallest absolute Gasteiger partial charge is 0.134 e. The number of nitrogens with zero attached hydrogens (tertiary/aromatic N) is 2. The minimum absolute atomic E-state index is 0.424. The normalized spacial score (nSPS) is 17.9. The van der Waals surface area contributed by atoms with Crippen molar-refractivity contribution in [1.29, 1.82) is 0 Å². The first-order valence-electron chi connectivity index (χ1n) is 5.50. The molecule has 0 aromatic carbocycles. The zero-order valence-corrected chi connectivity index (χ0v) is 9.07. The van der Waals surface area contributed by atoms with E-state index in [-0.39, 0.29) is 0 Å². The summed E-state index contributed by atoms with van der Waals surface area (Å²) < 4.78 is 5.32. The lowest BCUT2D eigenvalue weighted by atomic mass is 9.99. The van der Waals surface area contributed by atoms with Crippen molar-refractivity contribution in [2.75, 3.05) is 18.9 Å². The van der Waals surface area contributed by atoms with E-state index in [0.29, 0.717) is 11.7 Å². The van der Waals surface area contributed by atoms with Gasteiger partial charge in [-0.1, -0.05) is 6.92 Å². The highest BCUT2D eigenvalue weighted by atomic mass is 16.5. The molecule has 82 valence electrons. The number of hydrogen-bond donors (Lipinski definition) is 1. The molecule has 0 radical (unpaired) electrons. The third kappa shape index (κ3) is 2.45. The average Bonchev–Trinajstić information content (AvgIpc) is 2.29. The first-order valence-corrected chi connectivity index (χ1v) is 5.50. The van der Waals surface area contributed by atoms with E-state index in [1.165, 1.54) is 0 Å². The molecule has 4 heteroatoms. The van der Waals surface area contributed by atoms with Crippen LogP contribution in [-0.4, -0.2) is 23.2 Å². The molecule has 4 nitrogen and oxygen atoms in total.